The highest BCUT2D eigenvalue weighted by Crippen LogP contribution is 2.65. The van der Waals surface area contributed by atoms with Crippen molar-refractivity contribution >= 4 is 27.9 Å². The summed E-state index contributed by atoms with van der Waals surface area (Å²) in [5, 5.41) is 0. The molecule has 222 valence electrons. The predicted octanol–water partition coefficient (Wildman–Crippen LogP) is 11.1. The van der Waals surface area contributed by atoms with Crippen LogP contribution in [0.15, 0.2) is 158 Å². The molecule has 1 atom stereocenters. The maximum absolute atomic E-state index is 7.37. The lowest BCUT2D eigenvalue weighted by Crippen LogP contribution is -2.40. The van der Waals surface area contributed by atoms with Crippen molar-refractivity contribution in [1.29, 1.82) is 0 Å². The molecule has 0 saturated heterocycles. The minimum Gasteiger partial charge on any atom is -0.412 e. The molecule has 45 heavy (non-hydrogen) atoms. The molecule has 0 spiro atoms. The molecule has 0 saturated carbocycles. The molecule has 1 aliphatic rings. The second kappa shape index (κ2) is 11.7. The quantitative estimate of drug-likeness (QED) is 0.189. The SMILES string of the molecule is C=C(C)N1c2ccccc2-c2ccccc2OS1(C)N(c1cccc(-c2ccccc2)n1)c1ccccc1-c1ccccc1C. The molecular formula is C40H35N3OS. The van der Waals surface area contributed by atoms with Crippen LogP contribution >= 0.6 is 10.7 Å². The summed E-state index contributed by atoms with van der Waals surface area (Å²) in [5.41, 5.74) is 10.5. The van der Waals surface area contributed by atoms with Crippen LogP contribution in [0.4, 0.5) is 17.2 Å². The average molecular weight is 606 g/mol. The van der Waals surface area contributed by atoms with Gasteiger partial charge in [-0.3, -0.25) is 4.31 Å². The largest absolute Gasteiger partial charge is 0.412 e. The molecule has 5 heteroatoms. The molecule has 0 amide bonds. The summed E-state index contributed by atoms with van der Waals surface area (Å²) in [6.45, 7) is 8.74. The zero-order valence-corrected chi connectivity index (χ0v) is 26.5. The van der Waals surface area contributed by atoms with Gasteiger partial charge >= 0.3 is 0 Å². The highest BCUT2D eigenvalue weighted by molar-refractivity contribution is 8.32. The van der Waals surface area contributed by atoms with E-state index in [9.17, 15) is 0 Å². The number of rotatable bonds is 6. The molecule has 4 nitrogen and oxygen atoms in total. The van der Waals surface area contributed by atoms with Crippen molar-refractivity contribution in [2.24, 2.45) is 0 Å². The third-order valence-electron chi connectivity index (χ3n) is 8.14. The van der Waals surface area contributed by atoms with E-state index in [4.69, 9.17) is 9.17 Å². The molecule has 1 unspecified atom stereocenters. The van der Waals surface area contributed by atoms with Gasteiger partial charge in [-0.05, 0) is 55.3 Å². The lowest BCUT2D eigenvalue weighted by atomic mass is 9.99. The fourth-order valence-corrected chi connectivity index (χ4v) is 9.06. The Morgan fingerprint density at radius 2 is 1.29 bits per heavy atom. The van der Waals surface area contributed by atoms with Crippen molar-refractivity contribution in [3.63, 3.8) is 0 Å². The van der Waals surface area contributed by atoms with Crippen LogP contribution in [0.5, 0.6) is 5.75 Å². The van der Waals surface area contributed by atoms with E-state index >= 15 is 0 Å². The van der Waals surface area contributed by atoms with Gasteiger partial charge < -0.3 is 4.18 Å². The monoisotopic (exact) mass is 605 g/mol. The van der Waals surface area contributed by atoms with Crippen LogP contribution in [0.1, 0.15) is 12.5 Å². The molecule has 0 radical (unpaired) electrons. The summed E-state index contributed by atoms with van der Waals surface area (Å²) >= 11 is 0. The van der Waals surface area contributed by atoms with Crippen molar-refractivity contribution in [2.75, 3.05) is 14.9 Å². The van der Waals surface area contributed by atoms with E-state index in [1.807, 2.05) is 24.3 Å². The first kappa shape index (κ1) is 28.5. The van der Waals surface area contributed by atoms with Gasteiger partial charge in [-0.15, -0.1) is 0 Å². The van der Waals surface area contributed by atoms with Crippen molar-refractivity contribution in [1.82, 2.24) is 4.98 Å². The van der Waals surface area contributed by atoms with Crippen LogP contribution in [0.3, 0.4) is 0 Å². The summed E-state index contributed by atoms with van der Waals surface area (Å²) in [6, 6.07) is 50.5. The highest BCUT2D eigenvalue weighted by atomic mass is 32.3. The highest BCUT2D eigenvalue weighted by Gasteiger charge is 2.43. The number of allylic oxidation sites excluding steroid dienone is 1. The van der Waals surface area contributed by atoms with Crippen LogP contribution in [0, 0.1) is 6.92 Å². The van der Waals surface area contributed by atoms with Crippen LogP contribution in [0.2, 0.25) is 0 Å². The van der Waals surface area contributed by atoms with Gasteiger partial charge in [-0.1, -0.05) is 122 Å². The molecule has 1 aromatic heterocycles. The van der Waals surface area contributed by atoms with Crippen LogP contribution in [-0.4, -0.2) is 11.2 Å². The molecule has 6 aromatic rings. The van der Waals surface area contributed by atoms with Crippen molar-refractivity contribution in [3.8, 4) is 39.3 Å². The number of anilines is 3. The Kier molecular flexibility index (Phi) is 7.40. The summed E-state index contributed by atoms with van der Waals surface area (Å²) in [4.78, 5) is 5.34. The third kappa shape index (κ3) is 5.05. The predicted molar refractivity (Wildman–Crippen MR) is 192 cm³/mol. The molecule has 0 N–H and O–H groups in total. The Balaban J connectivity index is 1.55. The van der Waals surface area contributed by atoms with Crippen LogP contribution in [0.25, 0.3) is 33.5 Å². The second-order valence-electron chi connectivity index (χ2n) is 11.3. The average Bonchev–Trinajstić information content (AvgIpc) is 3.18. The first-order valence-electron chi connectivity index (χ1n) is 15.1. The standard InChI is InChI=1S/C40H35N3OS/c1-29(2)42-37-25-13-11-22-34(37)35-23-12-15-27-39(35)44-45(42,4)43(40-28-16-24-36(41-40)31-18-6-5-7-19-31)38-26-14-10-21-33(38)32-20-9-8-17-30(32)3/h5-28H,1H2,2-4H3. The lowest BCUT2D eigenvalue weighted by Gasteiger charge is -2.52. The maximum Gasteiger partial charge on any atom is 0.147 e. The smallest absolute Gasteiger partial charge is 0.147 e. The zero-order valence-electron chi connectivity index (χ0n) is 25.7. The van der Waals surface area contributed by atoms with E-state index in [0.29, 0.717) is 0 Å². The van der Waals surface area contributed by atoms with E-state index in [2.05, 4.69) is 157 Å². The van der Waals surface area contributed by atoms with Gasteiger partial charge in [0.05, 0.1) is 27.7 Å². The molecule has 5 aromatic carbocycles. The van der Waals surface area contributed by atoms with E-state index in [1.54, 1.807) is 0 Å². The second-order valence-corrected chi connectivity index (χ2v) is 13.7. The molecule has 1 aliphatic heterocycles. The van der Waals surface area contributed by atoms with Crippen LogP contribution in [-0.2, 0) is 0 Å². The van der Waals surface area contributed by atoms with Gasteiger partial charge in [0.15, 0.2) is 0 Å². The Morgan fingerprint density at radius 3 is 2.04 bits per heavy atom. The van der Waals surface area contributed by atoms with Crippen LogP contribution < -0.4 is 12.8 Å². The van der Waals surface area contributed by atoms with Gasteiger partial charge in [0.2, 0.25) is 0 Å². The lowest BCUT2D eigenvalue weighted by molar-refractivity contribution is 0.621. The normalized spacial score (nSPS) is 16.7. The van der Waals surface area contributed by atoms with Gasteiger partial charge in [-0.2, -0.15) is 0 Å². The van der Waals surface area contributed by atoms with E-state index < -0.39 is 10.7 Å². The molecule has 0 fully saturated rings. The van der Waals surface area contributed by atoms with Gasteiger partial charge in [-0.25, -0.2) is 9.29 Å². The van der Waals surface area contributed by atoms with E-state index in [0.717, 1.165) is 62.2 Å². The summed E-state index contributed by atoms with van der Waals surface area (Å²) in [7, 11) is -2.43. The topological polar surface area (TPSA) is 28.6 Å². The number of para-hydroxylation sites is 3. The van der Waals surface area contributed by atoms with Crippen molar-refractivity contribution in [3.05, 3.63) is 163 Å². The number of pyridine rings is 1. The molecule has 7 rings (SSSR count). The van der Waals surface area contributed by atoms with Crippen molar-refractivity contribution < 1.29 is 4.18 Å². The van der Waals surface area contributed by atoms with E-state index in [-0.39, 0.29) is 0 Å². The number of hydrogen-bond donors (Lipinski definition) is 0. The van der Waals surface area contributed by atoms with Gasteiger partial charge in [0.1, 0.15) is 11.6 Å². The molecular weight excluding hydrogens is 571 g/mol. The fraction of sp³-hybridized carbons (Fsp3) is 0.0750. The number of fused-ring (bicyclic) bond motifs is 3. The molecule has 2 heterocycles. The number of benzene rings is 5. The number of nitrogens with zero attached hydrogens (tertiary/aromatic N) is 3. The first-order chi connectivity index (χ1) is 22.0. The van der Waals surface area contributed by atoms with Gasteiger partial charge in [0, 0.05) is 34.2 Å². The Bertz CT molecular complexity index is 2020. The third-order valence-corrected chi connectivity index (χ3v) is 10.9. The Labute approximate surface area is 267 Å². The Hall–Kier alpha value is -5.26. The Morgan fingerprint density at radius 1 is 0.667 bits per heavy atom. The first-order valence-corrected chi connectivity index (χ1v) is 16.9. The van der Waals surface area contributed by atoms with Crippen molar-refractivity contribution in [2.45, 2.75) is 13.8 Å². The minimum atomic E-state index is -2.43. The summed E-state index contributed by atoms with van der Waals surface area (Å²) in [6.07, 6.45) is 2.20. The summed E-state index contributed by atoms with van der Waals surface area (Å²) < 4.78 is 12.0. The minimum absolute atomic E-state index is 0.790. The molecule has 0 aliphatic carbocycles. The van der Waals surface area contributed by atoms with Gasteiger partial charge in [0.25, 0.3) is 0 Å². The zero-order chi connectivity index (χ0) is 31.0. The number of hydrogen-bond acceptors (Lipinski definition) is 4. The number of aryl methyl sites for hydroxylation is 1. The number of aromatic nitrogens is 1. The van der Waals surface area contributed by atoms with E-state index in [1.165, 1.54) is 5.56 Å². The maximum atomic E-state index is 7.37. The fourth-order valence-electron chi connectivity index (χ4n) is 6.18. The molecule has 0 bridgehead atoms. The summed E-state index contributed by atoms with van der Waals surface area (Å²) in [5.74, 6) is 1.61.